The third-order valence-corrected chi connectivity index (χ3v) is 3.38. The molecule has 0 unspecified atom stereocenters. The number of hydrogen-bond donors (Lipinski definition) is 1. The smallest absolute Gasteiger partial charge is 0.166 e. The number of rotatable bonds is 9. The third kappa shape index (κ3) is 6.00. The van der Waals surface area contributed by atoms with Crippen molar-refractivity contribution >= 4 is 12.4 Å². The van der Waals surface area contributed by atoms with Gasteiger partial charge < -0.3 is 19.5 Å². The zero-order chi connectivity index (χ0) is 16.5. The van der Waals surface area contributed by atoms with Crippen molar-refractivity contribution in [1.29, 1.82) is 0 Å². The van der Waals surface area contributed by atoms with E-state index in [4.69, 9.17) is 14.2 Å². The number of methoxy groups -OCH3 is 2. The van der Waals surface area contributed by atoms with Gasteiger partial charge in [-0.1, -0.05) is 24.3 Å². The first-order chi connectivity index (χ1) is 11.2. The van der Waals surface area contributed by atoms with E-state index in [0.717, 1.165) is 17.7 Å². The number of para-hydroxylation sites is 1. The van der Waals surface area contributed by atoms with Crippen LogP contribution >= 0.6 is 12.4 Å². The number of nitrogens with one attached hydrogen (secondary N) is 1. The Morgan fingerprint density at radius 2 is 1.79 bits per heavy atom. The SMILES string of the molecule is COCCNCc1cccc(OC)c1OCc1ccc(F)cc1.Cl. The Kier molecular flexibility index (Phi) is 9.15. The lowest BCUT2D eigenvalue weighted by Gasteiger charge is -2.15. The Bertz CT molecular complexity index is 608. The van der Waals surface area contributed by atoms with Gasteiger partial charge in [0.05, 0.1) is 13.7 Å². The van der Waals surface area contributed by atoms with Gasteiger partial charge >= 0.3 is 0 Å². The molecule has 1 N–H and O–H groups in total. The lowest BCUT2D eigenvalue weighted by Crippen LogP contribution is -2.19. The van der Waals surface area contributed by atoms with Gasteiger partial charge in [-0.05, 0) is 23.8 Å². The van der Waals surface area contributed by atoms with E-state index in [9.17, 15) is 4.39 Å². The molecular formula is C18H23ClFNO3. The van der Waals surface area contributed by atoms with Gasteiger partial charge in [0.1, 0.15) is 12.4 Å². The van der Waals surface area contributed by atoms with Crippen molar-refractivity contribution in [2.45, 2.75) is 13.2 Å². The Morgan fingerprint density at radius 1 is 1.04 bits per heavy atom. The molecule has 0 aliphatic rings. The lowest BCUT2D eigenvalue weighted by molar-refractivity contribution is 0.199. The Labute approximate surface area is 148 Å². The van der Waals surface area contributed by atoms with Crippen LogP contribution in [0.25, 0.3) is 0 Å². The molecule has 132 valence electrons. The molecular weight excluding hydrogens is 333 g/mol. The molecule has 6 heteroatoms. The van der Waals surface area contributed by atoms with Crippen LogP contribution in [0.4, 0.5) is 4.39 Å². The van der Waals surface area contributed by atoms with Crippen LogP contribution in [0.3, 0.4) is 0 Å². The molecule has 0 heterocycles. The van der Waals surface area contributed by atoms with Gasteiger partial charge in [-0.3, -0.25) is 0 Å². The molecule has 0 aromatic heterocycles. The van der Waals surface area contributed by atoms with Crippen molar-refractivity contribution < 1.29 is 18.6 Å². The predicted octanol–water partition coefficient (Wildman–Crippen LogP) is 3.57. The lowest BCUT2D eigenvalue weighted by atomic mass is 10.1. The summed E-state index contributed by atoms with van der Waals surface area (Å²) in [4.78, 5) is 0. The van der Waals surface area contributed by atoms with E-state index in [2.05, 4.69) is 5.32 Å². The quantitative estimate of drug-likeness (QED) is 0.698. The number of halogens is 2. The van der Waals surface area contributed by atoms with Gasteiger partial charge in [-0.25, -0.2) is 4.39 Å². The van der Waals surface area contributed by atoms with Crippen LogP contribution in [0.5, 0.6) is 11.5 Å². The molecule has 0 atom stereocenters. The first-order valence-electron chi connectivity index (χ1n) is 7.47. The molecule has 0 spiro atoms. The maximum absolute atomic E-state index is 13.0. The first kappa shape index (κ1) is 20.2. The van der Waals surface area contributed by atoms with Crippen LogP contribution in [0, 0.1) is 5.82 Å². The number of hydrogen-bond acceptors (Lipinski definition) is 4. The molecule has 0 amide bonds. The highest BCUT2D eigenvalue weighted by Gasteiger charge is 2.10. The molecule has 0 bridgehead atoms. The fourth-order valence-corrected chi connectivity index (χ4v) is 2.16. The van der Waals surface area contributed by atoms with Crippen molar-refractivity contribution in [2.24, 2.45) is 0 Å². The normalized spacial score (nSPS) is 10.1. The standard InChI is InChI=1S/C18H22FNO3.ClH/c1-21-11-10-20-12-15-4-3-5-17(22-2)18(15)23-13-14-6-8-16(19)9-7-14;/h3-9,20H,10-13H2,1-2H3;1H. The second-order valence-electron chi connectivity index (χ2n) is 5.03. The van der Waals surface area contributed by atoms with E-state index >= 15 is 0 Å². The van der Waals surface area contributed by atoms with E-state index < -0.39 is 0 Å². The largest absolute Gasteiger partial charge is 0.493 e. The van der Waals surface area contributed by atoms with Gasteiger partial charge in [0, 0.05) is 25.8 Å². The maximum atomic E-state index is 13.0. The highest BCUT2D eigenvalue weighted by atomic mass is 35.5. The summed E-state index contributed by atoms with van der Waals surface area (Å²) in [6, 6.07) is 12.0. The van der Waals surface area contributed by atoms with Crippen LogP contribution in [0.15, 0.2) is 42.5 Å². The summed E-state index contributed by atoms with van der Waals surface area (Å²) in [5.41, 5.74) is 1.90. The fourth-order valence-electron chi connectivity index (χ4n) is 2.16. The molecule has 2 aromatic rings. The monoisotopic (exact) mass is 355 g/mol. The summed E-state index contributed by atoms with van der Waals surface area (Å²) in [6.07, 6.45) is 0. The Balaban J connectivity index is 0.00000288. The molecule has 0 saturated carbocycles. The van der Waals surface area contributed by atoms with Crippen LogP contribution in [-0.2, 0) is 17.9 Å². The number of benzene rings is 2. The summed E-state index contributed by atoms with van der Waals surface area (Å²) in [7, 11) is 3.28. The Morgan fingerprint density at radius 3 is 2.46 bits per heavy atom. The second-order valence-corrected chi connectivity index (χ2v) is 5.03. The minimum Gasteiger partial charge on any atom is -0.493 e. The highest BCUT2D eigenvalue weighted by molar-refractivity contribution is 5.85. The second kappa shape index (κ2) is 10.9. The van der Waals surface area contributed by atoms with E-state index in [1.807, 2.05) is 18.2 Å². The molecule has 0 radical (unpaired) electrons. The predicted molar refractivity (Wildman–Crippen MR) is 94.6 cm³/mol. The summed E-state index contributed by atoms with van der Waals surface area (Å²) in [6.45, 7) is 2.41. The molecule has 0 fully saturated rings. The van der Waals surface area contributed by atoms with E-state index in [0.29, 0.717) is 31.3 Å². The third-order valence-electron chi connectivity index (χ3n) is 3.38. The van der Waals surface area contributed by atoms with Gasteiger partial charge in [-0.2, -0.15) is 0 Å². The van der Waals surface area contributed by atoms with Crippen LogP contribution < -0.4 is 14.8 Å². The summed E-state index contributed by atoms with van der Waals surface area (Å²) >= 11 is 0. The number of ether oxygens (including phenoxy) is 3. The topological polar surface area (TPSA) is 39.7 Å². The minimum atomic E-state index is -0.255. The summed E-state index contributed by atoms with van der Waals surface area (Å²) < 4.78 is 29.3. The molecule has 24 heavy (non-hydrogen) atoms. The maximum Gasteiger partial charge on any atom is 0.166 e. The van der Waals surface area contributed by atoms with Crippen molar-refractivity contribution in [3.8, 4) is 11.5 Å². The zero-order valence-corrected chi connectivity index (χ0v) is 14.7. The first-order valence-corrected chi connectivity index (χ1v) is 7.47. The summed E-state index contributed by atoms with van der Waals surface area (Å²) in [5.74, 6) is 1.12. The van der Waals surface area contributed by atoms with Crippen molar-refractivity contribution in [2.75, 3.05) is 27.4 Å². The minimum absolute atomic E-state index is 0. The van der Waals surface area contributed by atoms with E-state index in [1.54, 1.807) is 26.4 Å². The van der Waals surface area contributed by atoms with Crippen molar-refractivity contribution in [3.63, 3.8) is 0 Å². The average Bonchev–Trinajstić information content (AvgIpc) is 2.58. The van der Waals surface area contributed by atoms with Crippen LogP contribution in [0.1, 0.15) is 11.1 Å². The molecule has 2 rings (SSSR count). The van der Waals surface area contributed by atoms with Gasteiger partial charge in [0.25, 0.3) is 0 Å². The van der Waals surface area contributed by atoms with Crippen LogP contribution in [0.2, 0.25) is 0 Å². The fraction of sp³-hybridized carbons (Fsp3) is 0.333. The van der Waals surface area contributed by atoms with Crippen molar-refractivity contribution in [3.05, 3.63) is 59.4 Å². The van der Waals surface area contributed by atoms with E-state index in [-0.39, 0.29) is 18.2 Å². The zero-order valence-electron chi connectivity index (χ0n) is 13.9. The summed E-state index contributed by atoms with van der Waals surface area (Å²) in [5, 5.41) is 3.29. The van der Waals surface area contributed by atoms with E-state index in [1.165, 1.54) is 12.1 Å². The molecule has 4 nitrogen and oxygen atoms in total. The Hall–Kier alpha value is -1.82. The molecule has 2 aromatic carbocycles. The van der Waals surface area contributed by atoms with Gasteiger partial charge in [0.15, 0.2) is 11.5 Å². The molecule has 0 saturated heterocycles. The van der Waals surface area contributed by atoms with Crippen molar-refractivity contribution in [1.82, 2.24) is 5.32 Å². The average molecular weight is 356 g/mol. The van der Waals surface area contributed by atoms with Gasteiger partial charge in [0.2, 0.25) is 0 Å². The molecule has 0 aliphatic heterocycles. The highest BCUT2D eigenvalue weighted by Crippen LogP contribution is 2.31. The van der Waals surface area contributed by atoms with Crippen LogP contribution in [-0.4, -0.2) is 27.4 Å². The molecule has 0 aliphatic carbocycles. The van der Waals surface area contributed by atoms with Gasteiger partial charge in [-0.15, -0.1) is 12.4 Å².